The summed E-state index contributed by atoms with van der Waals surface area (Å²) in [6.45, 7) is 2.42. The first-order valence-electron chi connectivity index (χ1n) is 5.51. The third kappa shape index (κ3) is 1.72. The number of fused-ring (bicyclic) bond motifs is 1. The van der Waals surface area contributed by atoms with Crippen LogP contribution in [-0.4, -0.2) is 12.6 Å². The quantitative estimate of drug-likeness (QED) is 0.613. The fraction of sp³-hybridized carbons (Fsp3) is 0.909. The van der Waals surface area contributed by atoms with E-state index < -0.39 is 0 Å². The fourth-order valence-electron chi connectivity index (χ4n) is 2.76. The number of ether oxygens (including phenoxy) is 1. The first-order chi connectivity index (χ1) is 6.34. The normalized spacial score (nSPS) is 37.5. The summed E-state index contributed by atoms with van der Waals surface area (Å²) < 4.78 is 5.06. The maximum atomic E-state index is 11.5. The molecular weight excluding hydrogens is 164 g/mol. The SMILES string of the molecule is CCOC(=O)C1C2CCCCCC21. The summed E-state index contributed by atoms with van der Waals surface area (Å²) in [5.41, 5.74) is 0. The van der Waals surface area contributed by atoms with E-state index in [0.717, 1.165) is 0 Å². The van der Waals surface area contributed by atoms with Gasteiger partial charge in [0, 0.05) is 0 Å². The molecule has 74 valence electrons. The second-order valence-corrected chi connectivity index (χ2v) is 4.24. The third-order valence-corrected chi connectivity index (χ3v) is 3.47. The van der Waals surface area contributed by atoms with Gasteiger partial charge in [-0.15, -0.1) is 0 Å². The molecule has 0 aromatic carbocycles. The highest BCUT2D eigenvalue weighted by molar-refractivity contribution is 5.76. The van der Waals surface area contributed by atoms with Crippen LogP contribution in [0.3, 0.4) is 0 Å². The van der Waals surface area contributed by atoms with Gasteiger partial charge in [-0.05, 0) is 31.6 Å². The van der Waals surface area contributed by atoms with E-state index in [0.29, 0.717) is 18.4 Å². The van der Waals surface area contributed by atoms with Gasteiger partial charge in [-0.25, -0.2) is 0 Å². The Morgan fingerprint density at radius 1 is 1.23 bits per heavy atom. The molecule has 0 saturated heterocycles. The average Bonchev–Trinajstić information content (AvgIpc) is 2.77. The number of rotatable bonds is 2. The van der Waals surface area contributed by atoms with Gasteiger partial charge in [-0.1, -0.05) is 19.3 Å². The lowest BCUT2D eigenvalue weighted by molar-refractivity contribution is -0.145. The van der Waals surface area contributed by atoms with Crippen LogP contribution < -0.4 is 0 Å². The lowest BCUT2D eigenvalue weighted by Crippen LogP contribution is -2.09. The van der Waals surface area contributed by atoms with Crippen molar-refractivity contribution in [3.05, 3.63) is 0 Å². The summed E-state index contributed by atoms with van der Waals surface area (Å²) in [6, 6.07) is 0. The van der Waals surface area contributed by atoms with Crippen LogP contribution in [-0.2, 0) is 9.53 Å². The topological polar surface area (TPSA) is 26.3 Å². The second kappa shape index (κ2) is 3.69. The van der Waals surface area contributed by atoms with Crippen molar-refractivity contribution in [2.75, 3.05) is 6.61 Å². The van der Waals surface area contributed by atoms with Crippen LogP contribution >= 0.6 is 0 Å². The van der Waals surface area contributed by atoms with Crippen molar-refractivity contribution in [2.24, 2.45) is 17.8 Å². The Kier molecular flexibility index (Phi) is 2.56. The molecule has 0 N–H and O–H groups in total. The number of carbonyl (C=O) groups excluding carboxylic acids is 1. The molecule has 2 fully saturated rings. The monoisotopic (exact) mass is 182 g/mol. The van der Waals surface area contributed by atoms with Gasteiger partial charge in [-0.2, -0.15) is 0 Å². The molecule has 2 rings (SSSR count). The summed E-state index contributed by atoms with van der Waals surface area (Å²) in [5.74, 6) is 1.71. The van der Waals surface area contributed by atoms with Gasteiger partial charge in [0.1, 0.15) is 0 Å². The maximum Gasteiger partial charge on any atom is 0.309 e. The molecule has 2 nitrogen and oxygen atoms in total. The molecule has 0 aromatic rings. The van der Waals surface area contributed by atoms with E-state index in [9.17, 15) is 4.79 Å². The van der Waals surface area contributed by atoms with Crippen LogP contribution in [0.4, 0.5) is 0 Å². The molecule has 0 spiro atoms. The van der Waals surface area contributed by atoms with Crippen LogP contribution in [0.1, 0.15) is 39.0 Å². The Labute approximate surface area is 79.7 Å². The fourth-order valence-corrected chi connectivity index (χ4v) is 2.76. The van der Waals surface area contributed by atoms with E-state index in [4.69, 9.17) is 4.74 Å². The second-order valence-electron chi connectivity index (χ2n) is 4.24. The molecule has 0 amide bonds. The van der Waals surface area contributed by atoms with Crippen molar-refractivity contribution in [1.29, 1.82) is 0 Å². The highest BCUT2D eigenvalue weighted by Crippen LogP contribution is 2.54. The standard InChI is InChI=1S/C11H18O2/c1-2-13-11(12)10-8-6-4-3-5-7-9(8)10/h8-10H,2-7H2,1H3. The lowest BCUT2D eigenvalue weighted by Gasteiger charge is -2.02. The summed E-state index contributed by atoms with van der Waals surface area (Å²) in [4.78, 5) is 11.5. The van der Waals surface area contributed by atoms with Gasteiger partial charge >= 0.3 is 5.97 Å². The van der Waals surface area contributed by atoms with E-state index in [-0.39, 0.29) is 11.9 Å². The Morgan fingerprint density at radius 3 is 2.38 bits per heavy atom. The minimum atomic E-state index is 0.0689. The minimum absolute atomic E-state index is 0.0689. The Hall–Kier alpha value is -0.530. The van der Waals surface area contributed by atoms with Gasteiger partial charge in [0.25, 0.3) is 0 Å². The average molecular weight is 182 g/mol. The zero-order valence-electron chi connectivity index (χ0n) is 8.29. The van der Waals surface area contributed by atoms with Crippen molar-refractivity contribution >= 4 is 5.97 Å². The lowest BCUT2D eigenvalue weighted by atomic mass is 10.1. The molecule has 2 saturated carbocycles. The molecule has 13 heavy (non-hydrogen) atoms. The van der Waals surface area contributed by atoms with Gasteiger partial charge in [0.15, 0.2) is 0 Å². The number of hydrogen-bond donors (Lipinski definition) is 0. The molecule has 2 atom stereocenters. The van der Waals surface area contributed by atoms with E-state index >= 15 is 0 Å². The van der Waals surface area contributed by atoms with Crippen LogP contribution in [0.15, 0.2) is 0 Å². The van der Waals surface area contributed by atoms with Gasteiger partial charge in [0.05, 0.1) is 12.5 Å². The molecule has 2 aliphatic carbocycles. The third-order valence-electron chi connectivity index (χ3n) is 3.47. The first kappa shape index (κ1) is 9.04. The summed E-state index contributed by atoms with van der Waals surface area (Å²) >= 11 is 0. The molecule has 0 aromatic heterocycles. The summed E-state index contributed by atoms with van der Waals surface area (Å²) in [6.07, 6.45) is 6.51. The Morgan fingerprint density at radius 2 is 1.85 bits per heavy atom. The number of hydrogen-bond acceptors (Lipinski definition) is 2. The molecule has 0 radical (unpaired) electrons. The molecule has 2 heteroatoms. The smallest absolute Gasteiger partial charge is 0.309 e. The minimum Gasteiger partial charge on any atom is -0.466 e. The zero-order chi connectivity index (χ0) is 9.26. The van der Waals surface area contributed by atoms with Crippen molar-refractivity contribution in [3.8, 4) is 0 Å². The van der Waals surface area contributed by atoms with Crippen LogP contribution in [0.5, 0.6) is 0 Å². The first-order valence-corrected chi connectivity index (χ1v) is 5.51. The van der Waals surface area contributed by atoms with E-state index in [1.54, 1.807) is 0 Å². The van der Waals surface area contributed by atoms with E-state index in [1.807, 2.05) is 6.92 Å². The molecule has 0 heterocycles. The van der Waals surface area contributed by atoms with Gasteiger partial charge < -0.3 is 4.74 Å². The molecule has 2 aliphatic rings. The molecule has 0 bridgehead atoms. The maximum absolute atomic E-state index is 11.5. The number of carbonyl (C=O) groups is 1. The van der Waals surface area contributed by atoms with Crippen LogP contribution in [0.2, 0.25) is 0 Å². The highest BCUT2D eigenvalue weighted by atomic mass is 16.5. The van der Waals surface area contributed by atoms with Crippen molar-refractivity contribution in [1.82, 2.24) is 0 Å². The predicted octanol–water partition coefficient (Wildman–Crippen LogP) is 2.38. The van der Waals surface area contributed by atoms with E-state index in [1.165, 1.54) is 32.1 Å². The van der Waals surface area contributed by atoms with Crippen molar-refractivity contribution in [3.63, 3.8) is 0 Å². The van der Waals surface area contributed by atoms with Crippen LogP contribution in [0, 0.1) is 17.8 Å². The predicted molar refractivity (Wildman–Crippen MR) is 50.2 cm³/mol. The summed E-state index contributed by atoms with van der Waals surface area (Å²) in [5, 5.41) is 0. The highest BCUT2D eigenvalue weighted by Gasteiger charge is 2.54. The molecular formula is C11H18O2. The molecule has 2 unspecified atom stereocenters. The van der Waals surface area contributed by atoms with E-state index in [2.05, 4.69) is 0 Å². The zero-order valence-corrected chi connectivity index (χ0v) is 8.29. The Bertz CT molecular complexity index is 188. The largest absolute Gasteiger partial charge is 0.466 e. The van der Waals surface area contributed by atoms with Crippen molar-refractivity contribution < 1.29 is 9.53 Å². The van der Waals surface area contributed by atoms with Gasteiger partial charge in [-0.3, -0.25) is 4.79 Å². The van der Waals surface area contributed by atoms with Crippen LogP contribution in [0.25, 0.3) is 0 Å². The van der Waals surface area contributed by atoms with Gasteiger partial charge in [0.2, 0.25) is 0 Å². The summed E-state index contributed by atoms with van der Waals surface area (Å²) in [7, 11) is 0. The number of esters is 1. The Balaban J connectivity index is 1.87. The van der Waals surface area contributed by atoms with Crippen molar-refractivity contribution in [2.45, 2.75) is 39.0 Å². The molecule has 0 aliphatic heterocycles.